The molecule has 4 rings (SSSR count). The van der Waals surface area contributed by atoms with Crippen LogP contribution in [-0.4, -0.2) is 48.2 Å². The number of methoxy groups -OCH3 is 1. The Morgan fingerprint density at radius 1 is 1.07 bits per heavy atom. The summed E-state index contributed by atoms with van der Waals surface area (Å²) in [5, 5.41) is 3.26. The van der Waals surface area contributed by atoms with E-state index in [2.05, 4.69) is 37.3 Å². The second kappa shape index (κ2) is 8.96. The highest BCUT2D eigenvalue weighted by Crippen LogP contribution is 2.21. The van der Waals surface area contributed by atoms with Crippen LogP contribution in [0.2, 0.25) is 0 Å². The Morgan fingerprint density at radius 2 is 1.87 bits per heavy atom. The van der Waals surface area contributed by atoms with E-state index in [0.717, 1.165) is 49.7 Å². The Hall–Kier alpha value is -3.39. The first kappa shape index (κ1) is 19.9. The topological polar surface area (TPSA) is 93.6 Å². The van der Waals surface area contributed by atoms with Crippen LogP contribution >= 0.6 is 0 Å². The maximum absolute atomic E-state index is 5.95. The summed E-state index contributed by atoms with van der Waals surface area (Å²) in [5.74, 6) is 2.33. The first-order valence-electron chi connectivity index (χ1n) is 10.2. The third-order valence-corrected chi connectivity index (χ3v) is 5.39. The number of quaternary nitrogens is 1. The summed E-state index contributed by atoms with van der Waals surface area (Å²) in [6, 6.07) is 16.2. The normalized spacial score (nSPS) is 14.5. The number of para-hydroxylation sites is 1. The minimum atomic E-state index is 0.241. The molecule has 30 heavy (non-hydrogen) atoms. The predicted molar refractivity (Wildman–Crippen MR) is 118 cm³/mol. The van der Waals surface area contributed by atoms with Crippen LogP contribution in [0.5, 0.6) is 5.75 Å². The third-order valence-electron chi connectivity index (χ3n) is 5.39. The number of hydrogen-bond acceptors (Lipinski definition) is 7. The molecule has 8 heteroatoms. The largest absolute Gasteiger partial charge is 0.497 e. The molecule has 3 aromatic rings. The van der Waals surface area contributed by atoms with Gasteiger partial charge >= 0.3 is 0 Å². The molecule has 156 valence electrons. The van der Waals surface area contributed by atoms with E-state index in [1.807, 2.05) is 43.3 Å². The molecular weight excluding hydrogens is 378 g/mol. The van der Waals surface area contributed by atoms with Gasteiger partial charge < -0.3 is 25.6 Å². The number of aromatic nitrogens is 3. The van der Waals surface area contributed by atoms with Crippen molar-refractivity contribution in [3.05, 3.63) is 59.9 Å². The predicted octanol–water partition coefficient (Wildman–Crippen LogP) is 1.42. The number of nitrogens with one attached hydrogen (secondary N) is 2. The van der Waals surface area contributed by atoms with Crippen LogP contribution in [0.25, 0.3) is 0 Å². The molecule has 0 bridgehead atoms. The molecule has 0 spiro atoms. The molecule has 0 radical (unpaired) electrons. The van der Waals surface area contributed by atoms with E-state index in [0.29, 0.717) is 11.8 Å². The maximum Gasteiger partial charge on any atom is 0.232 e. The molecule has 2 heterocycles. The monoisotopic (exact) mass is 406 g/mol. The molecule has 1 saturated heterocycles. The van der Waals surface area contributed by atoms with E-state index >= 15 is 0 Å². The van der Waals surface area contributed by atoms with E-state index in [1.165, 1.54) is 10.6 Å². The highest BCUT2D eigenvalue weighted by molar-refractivity contribution is 5.58. The van der Waals surface area contributed by atoms with E-state index in [4.69, 9.17) is 10.5 Å². The van der Waals surface area contributed by atoms with Gasteiger partial charge in [-0.25, -0.2) is 0 Å². The molecule has 4 N–H and O–H groups in total. The van der Waals surface area contributed by atoms with Crippen molar-refractivity contribution in [1.82, 2.24) is 15.0 Å². The molecule has 2 aromatic carbocycles. The lowest BCUT2D eigenvalue weighted by Gasteiger charge is -2.33. The smallest absolute Gasteiger partial charge is 0.232 e. The molecule has 8 nitrogen and oxygen atoms in total. The van der Waals surface area contributed by atoms with Crippen LogP contribution in [-0.2, 0) is 6.54 Å². The number of nitrogen functional groups attached to an aromatic ring is 1. The number of nitrogens with two attached hydrogens (primary N) is 1. The summed E-state index contributed by atoms with van der Waals surface area (Å²) in [5.41, 5.74) is 9.24. The van der Waals surface area contributed by atoms with Gasteiger partial charge in [0.25, 0.3) is 0 Å². The zero-order valence-electron chi connectivity index (χ0n) is 17.4. The quantitative estimate of drug-likeness (QED) is 0.570. The fourth-order valence-electron chi connectivity index (χ4n) is 3.70. The number of nitrogens with zero attached hydrogens (tertiary/aromatic N) is 4. The van der Waals surface area contributed by atoms with Crippen molar-refractivity contribution in [2.45, 2.75) is 13.5 Å². The lowest BCUT2D eigenvalue weighted by molar-refractivity contribution is -0.915. The standard InChI is InChI=1S/C22H27N7O/c1-16-6-3-4-9-19(16)24-22-26-20(25-21(23)27-22)15-28-10-12-29(13-11-28)17-7-5-8-18(14-17)30-2/h3-9,14H,10-13,15H2,1-2H3,(H3,23,24,25,26,27)/p+1. The fourth-order valence-corrected chi connectivity index (χ4v) is 3.70. The second-order valence-corrected chi connectivity index (χ2v) is 7.49. The average molecular weight is 407 g/mol. The van der Waals surface area contributed by atoms with Crippen molar-refractivity contribution in [3.8, 4) is 5.75 Å². The minimum Gasteiger partial charge on any atom is -0.497 e. The molecule has 0 saturated carbocycles. The average Bonchev–Trinajstić information content (AvgIpc) is 2.75. The van der Waals surface area contributed by atoms with Gasteiger partial charge in [0.15, 0.2) is 5.82 Å². The van der Waals surface area contributed by atoms with Gasteiger partial charge in [-0.05, 0) is 30.7 Å². The van der Waals surface area contributed by atoms with Crippen LogP contribution in [0.1, 0.15) is 11.4 Å². The molecule has 1 aromatic heterocycles. The number of hydrogen-bond donors (Lipinski definition) is 3. The first-order valence-corrected chi connectivity index (χ1v) is 10.2. The zero-order valence-corrected chi connectivity index (χ0v) is 17.4. The minimum absolute atomic E-state index is 0.241. The second-order valence-electron chi connectivity index (χ2n) is 7.49. The van der Waals surface area contributed by atoms with Gasteiger partial charge in [0.1, 0.15) is 12.3 Å². The van der Waals surface area contributed by atoms with E-state index < -0.39 is 0 Å². The lowest BCUT2D eigenvalue weighted by Crippen LogP contribution is -3.13. The first-order chi connectivity index (χ1) is 14.6. The molecule has 0 atom stereocenters. The SMILES string of the molecule is COc1cccc(N2CC[NH+](Cc3nc(N)nc(Nc4ccccc4C)n3)CC2)c1. The summed E-state index contributed by atoms with van der Waals surface area (Å²) >= 11 is 0. The number of aryl methyl sites for hydroxylation is 1. The molecule has 0 aliphatic carbocycles. The summed E-state index contributed by atoms with van der Waals surface area (Å²) in [6.07, 6.45) is 0. The van der Waals surface area contributed by atoms with Crippen molar-refractivity contribution < 1.29 is 9.64 Å². The van der Waals surface area contributed by atoms with Crippen molar-refractivity contribution in [3.63, 3.8) is 0 Å². The highest BCUT2D eigenvalue weighted by atomic mass is 16.5. The van der Waals surface area contributed by atoms with Gasteiger partial charge in [-0.2, -0.15) is 15.0 Å². The molecule has 0 amide bonds. The molecule has 1 aliphatic heterocycles. The van der Waals surface area contributed by atoms with Gasteiger partial charge in [0.2, 0.25) is 11.9 Å². The van der Waals surface area contributed by atoms with E-state index in [-0.39, 0.29) is 5.95 Å². The van der Waals surface area contributed by atoms with Gasteiger partial charge in [-0.3, -0.25) is 0 Å². The highest BCUT2D eigenvalue weighted by Gasteiger charge is 2.22. The Kier molecular flexibility index (Phi) is 5.94. The van der Waals surface area contributed by atoms with E-state index in [1.54, 1.807) is 7.11 Å². The van der Waals surface area contributed by atoms with Crippen LogP contribution in [0.4, 0.5) is 23.3 Å². The van der Waals surface area contributed by atoms with Gasteiger partial charge in [0.05, 0.1) is 33.3 Å². The van der Waals surface area contributed by atoms with Gasteiger partial charge in [-0.15, -0.1) is 0 Å². The Balaban J connectivity index is 1.39. The molecule has 0 unspecified atom stereocenters. The maximum atomic E-state index is 5.95. The van der Waals surface area contributed by atoms with Crippen LogP contribution in [0.3, 0.4) is 0 Å². The molecule has 1 aliphatic rings. The Bertz CT molecular complexity index is 1000. The van der Waals surface area contributed by atoms with E-state index in [9.17, 15) is 0 Å². The number of piperazine rings is 1. The summed E-state index contributed by atoms with van der Waals surface area (Å²) in [4.78, 5) is 17.0. The fraction of sp³-hybridized carbons (Fsp3) is 0.318. The number of anilines is 4. The van der Waals surface area contributed by atoms with Crippen LogP contribution < -0.4 is 25.6 Å². The molecular formula is C22H28N7O+. The third kappa shape index (κ3) is 4.77. The van der Waals surface area contributed by atoms with Crippen LogP contribution in [0.15, 0.2) is 48.5 Å². The van der Waals surface area contributed by atoms with Gasteiger partial charge in [0, 0.05) is 17.4 Å². The lowest BCUT2D eigenvalue weighted by atomic mass is 10.2. The Labute approximate surface area is 176 Å². The number of ether oxygens (including phenoxy) is 1. The van der Waals surface area contributed by atoms with Crippen molar-refractivity contribution in [2.75, 3.05) is 49.2 Å². The summed E-state index contributed by atoms with van der Waals surface area (Å²) < 4.78 is 5.35. The van der Waals surface area contributed by atoms with Crippen molar-refractivity contribution in [2.24, 2.45) is 0 Å². The summed E-state index contributed by atoms with van der Waals surface area (Å²) in [6.45, 7) is 6.71. The zero-order chi connectivity index (χ0) is 20.9. The number of benzene rings is 2. The Morgan fingerprint density at radius 3 is 2.63 bits per heavy atom. The molecule has 1 fully saturated rings. The summed E-state index contributed by atoms with van der Waals surface area (Å²) in [7, 11) is 1.70. The van der Waals surface area contributed by atoms with Crippen LogP contribution in [0, 0.1) is 6.92 Å². The van der Waals surface area contributed by atoms with Crippen molar-refractivity contribution >= 4 is 23.3 Å². The van der Waals surface area contributed by atoms with Gasteiger partial charge in [-0.1, -0.05) is 24.3 Å². The number of rotatable bonds is 6. The van der Waals surface area contributed by atoms with Crippen molar-refractivity contribution in [1.29, 1.82) is 0 Å².